The van der Waals surface area contributed by atoms with Crippen molar-refractivity contribution in [2.45, 2.75) is 14.7 Å². The summed E-state index contributed by atoms with van der Waals surface area (Å²) in [4.78, 5) is 9.96. The predicted molar refractivity (Wildman–Crippen MR) is 107 cm³/mol. The van der Waals surface area contributed by atoms with Gasteiger partial charge in [0.1, 0.15) is 30.4 Å². The van der Waals surface area contributed by atoms with Gasteiger partial charge in [-0.15, -0.1) is 0 Å². The van der Waals surface area contributed by atoms with Crippen molar-refractivity contribution in [2.24, 2.45) is 0 Å². The molecule has 0 aromatic heterocycles. The summed E-state index contributed by atoms with van der Waals surface area (Å²) in [7, 11) is -15.5. The molecule has 12 nitrogen and oxygen atoms in total. The summed E-state index contributed by atoms with van der Waals surface area (Å²) >= 11 is 0. The maximum absolute atomic E-state index is 12.7. The second-order valence-corrected chi connectivity index (χ2v) is 10.4. The molecule has 3 aromatic rings. The third-order valence-electron chi connectivity index (χ3n) is 4.27. The van der Waals surface area contributed by atoms with Gasteiger partial charge in [-0.05, 0) is 36.4 Å². The number of rotatable bonds is 5. The first-order valence-electron chi connectivity index (χ1n) is 8.25. The maximum Gasteiger partial charge on any atom is 1.00 e. The average molecular weight is 568 g/mol. The Hall–Kier alpha value is -0.0800. The van der Waals surface area contributed by atoms with Crippen molar-refractivity contribution < 1.29 is 132 Å². The van der Waals surface area contributed by atoms with E-state index in [0.717, 1.165) is 48.5 Å². The molecule has 0 aliphatic heterocycles. The van der Waals surface area contributed by atoms with E-state index in [0.29, 0.717) is 0 Å². The molecule has 3 N–H and O–H groups in total. The van der Waals surface area contributed by atoms with Gasteiger partial charge in [-0.3, -0.25) is 4.79 Å². The molecule has 18 heteroatoms. The van der Waals surface area contributed by atoms with Crippen LogP contribution in [0.15, 0.2) is 63.2 Å². The van der Waals surface area contributed by atoms with Crippen LogP contribution in [0.3, 0.4) is 0 Å². The van der Waals surface area contributed by atoms with E-state index in [1.807, 2.05) is 0 Å². The minimum absolute atomic E-state index is 0. The van der Waals surface area contributed by atoms with Gasteiger partial charge in [-0.25, -0.2) is 25.3 Å². The molecule has 0 spiro atoms. The van der Waals surface area contributed by atoms with Crippen LogP contribution in [0.1, 0.15) is 10.4 Å². The summed E-state index contributed by atoms with van der Waals surface area (Å²) in [5.74, 6) is -1.21. The standard InChI is InChI=1S/C17H14N2O10S3.3Na/c18-9-4-5-11(15(8-9)32(27,28)29)17(20)19-12-6-7-13(30(21,22)23)10-2-1-3-14(16(10)12)31(24,25)26;;;/h1-8H,18H2,(H,19,20)(H,21,22,23)(H,24,25,26)(H,27,28,29);;;/q;3*+1/p-3. The average Bonchev–Trinajstić information content (AvgIpc) is 2.65. The van der Waals surface area contributed by atoms with E-state index < -0.39 is 73.0 Å². The normalized spacial score (nSPS) is 11.5. The van der Waals surface area contributed by atoms with Crippen LogP contribution in [0.2, 0.25) is 0 Å². The fourth-order valence-corrected chi connectivity index (χ4v) is 5.10. The van der Waals surface area contributed by atoms with Gasteiger partial charge in [0.2, 0.25) is 0 Å². The number of nitrogens with two attached hydrogens (primary N) is 1. The second-order valence-electron chi connectivity index (χ2n) is 6.36. The molecule has 3 rings (SSSR count). The summed E-state index contributed by atoms with van der Waals surface area (Å²) in [6, 6.07) is 7.32. The van der Waals surface area contributed by atoms with Crippen molar-refractivity contribution >= 4 is 58.4 Å². The number of carbonyl (C=O) groups is 1. The SMILES string of the molecule is Nc1ccc(C(=O)Nc2ccc(S(=O)(=O)[O-])c3cccc(S(=O)(=O)[O-])c23)c(S(=O)(=O)[O-])c1.[Na+].[Na+].[Na+]. The minimum atomic E-state index is -5.21. The van der Waals surface area contributed by atoms with Gasteiger partial charge >= 0.3 is 88.7 Å². The molecule has 0 unspecified atom stereocenters. The Kier molecular flexibility index (Phi) is 12.6. The molecule has 35 heavy (non-hydrogen) atoms. The zero-order valence-electron chi connectivity index (χ0n) is 18.5. The molecule has 0 fully saturated rings. The zero-order valence-corrected chi connectivity index (χ0v) is 27.0. The van der Waals surface area contributed by atoms with Gasteiger partial charge in [0, 0.05) is 16.5 Å². The summed E-state index contributed by atoms with van der Waals surface area (Å²) in [6.07, 6.45) is 0. The van der Waals surface area contributed by atoms with Gasteiger partial charge in [0.25, 0.3) is 5.91 Å². The van der Waals surface area contributed by atoms with Crippen LogP contribution in [-0.2, 0) is 30.4 Å². The van der Waals surface area contributed by atoms with Gasteiger partial charge in [0.15, 0.2) is 0 Å². The fourth-order valence-electron chi connectivity index (χ4n) is 3.00. The first-order valence-corrected chi connectivity index (χ1v) is 12.5. The Morgan fingerprint density at radius 2 is 1.26 bits per heavy atom. The number of amides is 1. The first-order chi connectivity index (χ1) is 14.6. The number of anilines is 2. The van der Waals surface area contributed by atoms with Crippen molar-refractivity contribution in [3.05, 3.63) is 54.1 Å². The third-order valence-corrected chi connectivity index (χ3v) is 6.92. The van der Waals surface area contributed by atoms with E-state index in [1.165, 1.54) is 0 Å². The van der Waals surface area contributed by atoms with Crippen LogP contribution in [0.4, 0.5) is 11.4 Å². The molecular weight excluding hydrogens is 557 g/mol. The van der Waals surface area contributed by atoms with Crippen LogP contribution in [0.25, 0.3) is 10.8 Å². The minimum Gasteiger partial charge on any atom is -0.744 e. The molecular formula is C17H11N2Na3O10S3. The summed E-state index contributed by atoms with van der Waals surface area (Å²) in [5, 5.41) is 1.08. The van der Waals surface area contributed by atoms with E-state index in [4.69, 9.17) is 5.73 Å². The molecule has 1 amide bonds. The first kappa shape index (κ1) is 34.9. The number of carbonyl (C=O) groups excluding carboxylic acids is 1. The van der Waals surface area contributed by atoms with Crippen molar-refractivity contribution in [1.29, 1.82) is 0 Å². The van der Waals surface area contributed by atoms with E-state index >= 15 is 0 Å². The van der Waals surface area contributed by atoms with Crippen LogP contribution >= 0.6 is 0 Å². The molecule has 170 valence electrons. The van der Waals surface area contributed by atoms with E-state index in [1.54, 1.807) is 0 Å². The molecule has 0 aliphatic carbocycles. The molecule has 0 aliphatic rings. The fraction of sp³-hybridized carbons (Fsp3) is 0. The molecule has 3 aromatic carbocycles. The van der Waals surface area contributed by atoms with Crippen molar-refractivity contribution in [2.75, 3.05) is 11.1 Å². The molecule has 0 bridgehead atoms. The quantitative estimate of drug-likeness (QED) is 0.167. The number of nitrogens with one attached hydrogen (secondary N) is 1. The number of hydrogen-bond acceptors (Lipinski definition) is 11. The number of benzene rings is 3. The predicted octanol–water partition coefficient (Wildman–Crippen LogP) is -8.60. The third kappa shape index (κ3) is 7.95. The summed E-state index contributed by atoms with van der Waals surface area (Å²) in [6.45, 7) is 0. The van der Waals surface area contributed by atoms with Crippen LogP contribution in [0, 0.1) is 0 Å². The maximum atomic E-state index is 12.7. The van der Waals surface area contributed by atoms with Crippen LogP contribution in [0.5, 0.6) is 0 Å². The molecule has 0 saturated heterocycles. The topological polar surface area (TPSA) is 227 Å². The number of fused-ring (bicyclic) bond motifs is 1. The number of hydrogen-bond donors (Lipinski definition) is 2. The van der Waals surface area contributed by atoms with Gasteiger partial charge in [0.05, 0.1) is 25.9 Å². The smallest absolute Gasteiger partial charge is 0.744 e. The van der Waals surface area contributed by atoms with E-state index in [-0.39, 0.29) is 94.4 Å². The van der Waals surface area contributed by atoms with Crippen molar-refractivity contribution in [3.8, 4) is 0 Å². The Balaban J connectivity index is 0.00000385. The van der Waals surface area contributed by atoms with Gasteiger partial charge in [-0.2, -0.15) is 0 Å². The summed E-state index contributed by atoms with van der Waals surface area (Å²) < 4.78 is 104. The monoisotopic (exact) mass is 568 g/mol. The van der Waals surface area contributed by atoms with Crippen LogP contribution < -0.4 is 99.7 Å². The molecule has 0 radical (unpaired) electrons. The van der Waals surface area contributed by atoms with Crippen LogP contribution in [-0.4, -0.2) is 44.8 Å². The largest absolute Gasteiger partial charge is 1.00 e. The summed E-state index contributed by atoms with van der Waals surface area (Å²) in [5.41, 5.74) is 4.24. The Morgan fingerprint density at radius 3 is 1.77 bits per heavy atom. The van der Waals surface area contributed by atoms with Gasteiger partial charge < -0.3 is 24.7 Å². The van der Waals surface area contributed by atoms with Crippen molar-refractivity contribution in [1.82, 2.24) is 0 Å². The zero-order chi connectivity index (χ0) is 24.1. The molecule has 0 saturated carbocycles. The Morgan fingerprint density at radius 1 is 0.714 bits per heavy atom. The molecule has 0 atom stereocenters. The Bertz CT molecular complexity index is 1610. The Labute approximate surface area is 267 Å². The van der Waals surface area contributed by atoms with E-state index in [9.17, 15) is 43.7 Å². The van der Waals surface area contributed by atoms with Crippen molar-refractivity contribution in [3.63, 3.8) is 0 Å². The van der Waals surface area contributed by atoms with E-state index in [2.05, 4.69) is 5.32 Å². The molecule has 0 heterocycles. The number of nitrogen functional groups attached to an aromatic ring is 1. The van der Waals surface area contributed by atoms with Gasteiger partial charge in [-0.1, -0.05) is 12.1 Å². The second kappa shape index (κ2) is 12.6.